The number of allylic oxidation sites excluding steroid dienone is 1. The first-order chi connectivity index (χ1) is 10.5. The quantitative estimate of drug-likeness (QED) is 0.823. The first-order valence-electron chi connectivity index (χ1n) is 7.56. The number of nitrogens with one attached hydrogen (secondary N) is 2. The lowest BCUT2D eigenvalue weighted by molar-refractivity contribution is -0.129. The van der Waals surface area contributed by atoms with Crippen LogP contribution in [0.5, 0.6) is 0 Å². The Labute approximate surface area is 134 Å². The molecule has 2 aliphatic heterocycles. The van der Waals surface area contributed by atoms with Crippen LogP contribution in [0.25, 0.3) is 0 Å². The second-order valence-electron chi connectivity index (χ2n) is 5.97. The van der Waals surface area contributed by atoms with Gasteiger partial charge in [-0.05, 0) is 37.5 Å². The van der Waals surface area contributed by atoms with Crippen LogP contribution in [0.2, 0.25) is 5.02 Å². The molecule has 2 N–H and O–H groups in total. The average molecular weight is 319 g/mol. The molecule has 0 unspecified atom stereocenters. The summed E-state index contributed by atoms with van der Waals surface area (Å²) in [4.78, 5) is 24.7. The van der Waals surface area contributed by atoms with Gasteiger partial charge in [-0.2, -0.15) is 0 Å². The van der Waals surface area contributed by atoms with Gasteiger partial charge in [0.1, 0.15) is 5.41 Å². The molecule has 2 aliphatic rings. The fourth-order valence-corrected chi connectivity index (χ4v) is 3.83. The number of benzene rings is 1. The zero-order valence-electron chi connectivity index (χ0n) is 12.7. The lowest BCUT2D eigenvalue weighted by atomic mass is 9.67. The molecule has 116 valence electrons. The highest BCUT2D eigenvalue weighted by Crippen LogP contribution is 2.47. The van der Waals surface area contributed by atoms with E-state index >= 15 is 0 Å². The summed E-state index contributed by atoms with van der Waals surface area (Å²) in [5.41, 5.74) is 1.97. The van der Waals surface area contributed by atoms with Crippen molar-refractivity contribution in [1.82, 2.24) is 5.32 Å². The van der Waals surface area contributed by atoms with Crippen LogP contribution < -0.4 is 10.6 Å². The number of fused-ring (bicyclic) bond motifs is 2. The number of rotatable bonds is 2. The van der Waals surface area contributed by atoms with Crippen LogP contribution in [-0.2, 0) is 15.0 Å². The van der Waals surface area contributed by atoms with Crippen LogP contribution >= 0.6 is 11.6 Å². The first kappa shape index (κ1) is 15.1. The molecule has 0 bridgehead atoms. The summed E-state index contributed by atoms with van der Waals surface area (Å²) in [6, 6.07) is 5.17. The lowest BCUT2D eigenvalue weighted by Gasteiger charge is -2.40. The first-order valence-corrected chi connectivity index (χ1v) is 7.94. The molecule has 2 amide bonds. The van der Waals surface area contributed by atoms with Gasteiger partial charge in [0, 0.05) is 17.1 Å². The molecule has 0 radical (unpaired) electrons. The van der Waals surface area contributed by atoms with E-state index in [1.807, 2.05) is 19.9 Å². The van der Waals surface area contributed by atoms with Crippen molar-refractivity contribution in [2.45, 2.75) is 44.6 Å². The summed E-state index contributed by atoms with van der Waals surface area (Å²) in [5, 5.41) is 6.55. The highest BCUT2D eigenvalue weighted by Gasteiger charge is 2.55. The van der Waals surface area contributed by atoms with Crippen molar-refractivity contribution in [3.63, 3.8) is 0 Å². The predicted molar refractivity (Wildman–Crippen MR) is 87.0 cm³/mol. The van der Waals surface area contributed by atoms with E-state index in [0.29, 0.717) is 17.9 Å². The van der Waals surface area contributed by atoms with E-state index in [1.165, 1.54) is 0 Å². The van der Waals surface area contributed by atoms with Gasteiger partial charge in [0.15, 0.2) is 0 Å². The van der Waals surface area contributed by atoms with E-state index in [0.717, 1.165) is 23.2 Å². The summed E-state index contributed by atoms with van der Waals surface area (Å²) in [6.45, 7) is 4.02. The molecule has 5 heteroatoms. The molecular formula is C17H19ClN2O2. The number of anilines is 1. The van der Waals surface area contributed by atoms with Crippen LogP contribution in [0.1, 0.15) is 38.7 Å². The number of piperidine rings is 1. The van der Waals surface area contributed by atoms with Crippen LogP contribution in [-0.4, -0.2) is 17.9 Å². The van der Waals surface area contributed by atoms with Crippen molar-refractivity contribution in [3.8, 4) is 0 Å². The molecule has 1 saturated heterocycles. The van der Waals surface area contributed by atoms with Gasteiger partial charge in [0.2, 0.25) is 11.8 Å². The molecule has 0 saturated carbocycles. The van der Waals surface area contributed by atoms with E-state index in [9.17, 15) is 9.59 Å². The van der Waals surface area contributed by atoms with Gasteiger partial charge < -0.3 is 10.6 Å². The van der Waals surface area contributed by atoms with Crippen LogP contribution in [0.3, 0.4) is 0 Å². The SMILES string of the molecule is CC/C=C(\C)[C@H]1NC(=O)CC[C@]12C(=O)Nc1cc(Cl)ccc12. The van der Waals surface area contributed by atoms with E-state index < -0.39 is 5.41 Å². The van der Waals surface area contributed by atoms with Gasteiger partial charge in [0.05, 0.1) is 6.04 Å². The third-order valence-corrected chi connectivity index (χ3v) is 4.88. The molecule has 2 atom stereocenters. The molecule has 1 fully saturated rings. The number of amides is 2. The minimum atomic E-state index is -0.733. The van der Waals surface area contributed by atoms with Crippen LogP contribution in [0.4, 0.5) is 5.69 Å². The maximum atomic E-state index is 12.8. The number of carbonyl (C=O) groups is 2. The van der Waals surface area contributed by atoms with Gasteiger partial charge in [-0.15, -0.1) is 0 Å². The van der Waals surface area contributed by atoms with Crippen molar-refractivity contribution in [2.24, 2.45) is 0 Å². The Bertz CT molecular complexity index is 683. The Hall–Kier alpha value is -1.81. The molecule has 1 aromatic carbocycles. The van der Waals surface area contributed by atoms with Gasteiger partial charge >= 0.3 is 0 Å². The summed E-state index contributed by atoms with van der Waals surface area (Å²) in [6.07, 6.45) is 3.80. The Kier molecular flexibility index (Phi) is 3.73. The topological polar surface area (TPSA) is 58.2 Å². The third-order valence-electron chi connectivity index (χ3n) is 4.64. The van der Waals surface area contributed by atoms with E-state index in [-0.39, 0.29) is 17.9 Å². The molecular weight excluding hydrogens is 300 g/mol. The van der Waals surface area contributed by atoms with Crippen molar-refractivity contribution in [2.75, 3.05) is 5.32 Å². The minimum absolute atomic E-state index is 0.00492. The monoisotopic (exact) mass is 318 g/mol. The fourth-order valence-electron chi connectivity index (χ4n) is 3.65. The Morgan fingerprint density at radius 3 is 2.95 bits per heavy atom. The summed E-state index contributed by atoms with van der Waals surface area (Å²) >= 11 is 6.04. The van der Waals surface area contributed by atoms with Gasteiger partial charge in [-0.3, -0.25) is 9.59 Å². The van der Waals surface area contributed by atoms with Crippen molar-refractivity contribution in [1.29, 1.82) is 0 Å². The zero-order chi connectivity index (χ0) is 15.9. The van der Waals surface area contributed by atoms with Gasteiger partial charge in [0.25, 0.3) is 0 Å². The summed E-state index contributed by atoms with van der Waals surface area (Å²) < 4.78 is 0. The standard InChI is InChI=1S/C17H19ClN2O2/c1-3-4-10(2)15-17(8-7-14(21)20-15)12-6-5-11(18)9-13(12)19-16(17)22/h4-6,9,15H,3,7-8H2,1-2H3,(H,19,22)(H,20,21)/b10-4+/t15-,17-/m1/s1. The molecule has 0 aromatic heterocycles. The molecule has 1 aromatic rings. The van der Waals surface area contributed by atoms with Crippen molar-refractivity contribution >= 4 is 29.1 Å². The maximum absolute atomic E-state index is 12.8. The maximum Gasteiger partial charge on any atom is 0.237 e. The summed E-state index contributed by atoms with van der Waals surface area (Å²) in [5.74, 6) is -0.0617. The number of hydrogen-bond acceptors (Lipinski definition) is 2. The van der Waals surface area contributed by atoms with E-state index in [2.05, 4.69) is 16.7 Å². The minimum Gasteiger partial charge on any atom is -0.348 e. The highest BCUT2D eigenvalue weighted by atomic mass is 35.5. The number of halogens is 1. The Morgan fingerprint density at radius 2 is 2.23 bits per heavy atom. The van der Waals surface area contributed by atoms with Crippen LogP contribution in [0, 0.1) is 0 Å². The van der Waals surface area contributed by atoms with Gasteiger partial charge in [-0.25, -0.2) is 0 Å². The van der Waals surface area contributed by atoms with Gasteiger partial charge in [-0.1, -0.05) is 36.2 Å². The molecule has 4 nitrogen and oxygen atoms in total. The Balaban J connectivity index is 2.15. The second kappa shape index (κ2) is 5.43. The molecule has 3 rings (SSSR count). The largest absolute Gasteiger partial charge is 0.348 e. The third kappa shape index (κ3) is 2.13. The predicted octanol–water partition coefficient (Wildman–Crippen LogP) is 3.16. The highest BCUT2D eigenvalue weighted by molar-refractivity contribution is 6.31. The lowest BCUT2D eigenvalue weighted by Crippen LogP contribution is -2.58. The molecule has 0 aliphatic carbocycles. The number of carbonyl (C=O) groups excluding carboxylic acids is 2. The van der Waals surface area contributed by atoms with E-state index in [1.54, 1.807) is 12.1 Å². The normalized spacial score (nSPS) is 27.6. The van der Waals surface area contributed by atoms with Crippen molar-refractivity contribution in [3.05, 3.63) is 40.4 Å². The van der Waals surface area contributed by atoms with E-state index in [4.69, 9.17) is 11.6 Å². The molecule has 22 heavy (non-hydrogen) atoms. The Morgan fingerprint density at radius 1 is 1.45 bits per heavy atom. The average Bonchev–Trinajstić information content (AvgIpc) is 2.74. The smallest absolute Gasteiger partial charge is 0.237 e. The second-order valence-corrected chi connectivity index (χ2v) is 6.41. The molecule has 2 heterocycles. The summed E-state index contributed by atoms with van der Waals surface area (Å²) in [7, 11) is 0. The zero-order valence-corrected chi connectivity index (χ0v) is 13.5. The van der Waals surface area contributed by atoms with Crippen molar-refractivity contribution < 1.29 is 9.59 Å². The fraction of sp³-hybridized carbons (Fsp3) is 0.412. The number of hydrogen-bond donors (Lipinski definition) is 2. The molecule has 1 spiro atoms. The van der Waals surface area contributed by atoms with Crippen LogP contribution in [0.15, 0.2) is 29.8 Å².